The van der Waals surface area contributed by atoms with Crippen molar-refractivity contribution in [2.45, 2.75) is 6.92 Å². The molecule has 0 bridgehead atoms. The maximum absolute atomic E-state index is 13.1. The lowest BCUT2D eigenvalue weighted by Crippen LogP contribution is -2.53. The first kappa shape index (κ1) is 27.2. The molecule has 1 fully saturated rings. The fourth-order valence-corrected chi connectivity index (χ4v) is 4.54. The zero-order chi connectivity index (χ0) is 25.8. The predicted octanol–water partition coefficient (Wildman–Crippen LogP) is 2.80. The SMILES string of the molecule is CCOC(=O)CNC(=O)N1CCN(CCN(C/C=C/c2ccccc2OC)C(=O)c2cccs2)CC1. The molecule has 2 heterocycles. The number of nitrogens with zero attached hydrogens (tertiary/aromatic N) is 3. The summed E-state index contributed by atoms with van der Waals surface area (Å²) in [6, 6.07) is 11.2. The molecule has 2 aromatic rings. The van der Waals surface area contributed by atoms with Crippen molar-refractivity contribution in [3.8, 4) is 5.75 Å². The topological polar surface area (TPSA) is 91.4 Å². The number of ether oxygens (including phenoxy) is 2. The van der Waals surface area contributed by atoms with E-state index in [0.29, 0.717) is 50.7 Å². The van der Waals surface area contributed by atoms with Gasteiger partial charge in [-0.05, 0) is 24.4 Å². The third kappa shape index (κ3) is 8.10. The Hall–Kier alpha value is -3.37. The smallest absolute Gasteiger partial charge is 0.325 e. The minimum absolute atomic E-state index is 0.00616. The van der Waals surface area contributed by atoms with Gasteiger partial charge in [-0.25, -0.2) is 4.79 Å². The van der Waals surface area contributed by atoms with Gasteiger partial charge in [-0.2, -0.15) is 0 Å². The Morgan fingerprint density at radius 1 is 1.11 bits per heavy atom. The third-order valence-electron chi connectivity index (χ3n) is 5.82. The van der Waals surface area contributed by atoms with E-state index in [9.17, 15) is 14.4 Å². The van der Waals surface area contributed by atoms with Crippen LogP contribution in [0, 0.1) is 0 Å². The lowest BCUT2D eigenvalue weighted by atomic mass is 10.2. The first-order valence-corrected chi connectivity index (χ1v) is 12.9. The molecule has 1 aromatic heterocycles. The second kappa shape index (κ2) is 14.3. The Morgan fingerprint density at radius 3 is 2.58 bits per heavy atom. The number of nitrogens with one attached hydrogen (secondary N) is 1. The third-order valence-corrected chi connectivity index (χ3v) is 6.67. The maximum Gasteiger partial charge on any atom is 0.325 e. The summed E-state index contributed by atoms with van der Waals surface area (Å²) in [5.74, 6) is 0.348. The first-order chi connectivity index (χ1) is 17.5. The van der Waals surface area contributed by atoms with E-state index in [1.807, 2.05) is 58.8 Å². The van der Waals surface area contributed by atoms with Gasteiger partial charge in [0.15, 0.2) is 0 Å². The number of para-hydroxylation sites is 1. The van der Waals surface area contributed by atoms with Crippen LogP contribution in [0.2, 0.25) is 0 Å². The number of amides is 3. The molecule has 0 spiro atoms. The number of hydrogen-bond donors (Lipinski definition) is 1. The monoisotopic (exact) mass is 514 g/mol. The molecule has 3 amide bonds. The van der Waals surface area contributed by atoms with E-state index in [1.54, 1.807) is 18.9 Å². The molecule has 0 atom stereocenters. The van der Waals surface area contributed by atoms with Crippen LogP contribution in [0.3, 0.4) is 0 Å². The van der Waals surface area contributed by atoms with Crippen LogP contribution < -0.4 is 10.1 Å². The van der Waals surface area contributed by atoms with Crippen molar-refractivity contribution in [3.63, 3.8) is 0 Å². The summed E-state index contributed by atoms with van der Waals surface area (Å²) in [7, 11) is 1.64. The Balaban J connectivity index is 1.52. The quantitative estimate of drug-likeness (QED) is 0.464. The molecule has 3 rings (SSSR count). The molecule has 36 heavy (non-hydrogen) atoms. The summed E-state index contributed by atoms with van der Waals surface area (Å²) in [6.45, 7) is 6.15. The van der Waals surface area contributed by atoms with Gasteiger partial charge in [-0.15, -0.1) is 11.3 Å². The van der Waals surface area contributed by atoms with Gasteiger partial charge < -0.3 is 24.6 Å². The number of urea groups is 1. The molecule has 1 aliphatic rings. The molecule has 0 radical (unpaired) electrons. The van der Waals surface area contributed by atoms with Gasteiger partial charge in [0.05, 0.1) is 18.6 Å². The summed E-state index contributed by atoms with van der Waals surface area (Å²) in [5, 5.41) is 4.51. The Bertz CT molecular complexity index is 1020. The fraction of sp³-hybridized carbons (Fsp3) is 0.423. The number of benzene rings is 1. The highest BCUT2D eigenvalue weighted by atomic mass is 32.1. The van der Waals surface area contributed by atoms with E-state index < -0.39 is 5.97 Å². The first-order valence-electron chi connectivity index (χ1n) is 12.0. The molecular weight excluding hydrogens is 480 g/mol. The van der Waals surface area contributed by atoms with Crippen LogP contribution in [-0.4, -0.2) is 98.7 Å². The van der Waals surface area contributed by atoms with Gasteiger partial charge in [-0.3, -0.25) is 14.5 Å². The van der Waals surface area contributed by atoms with E-state index in [1.165, 1.54) is 11.3 Å². The Morgan fingerprint density at radius 2 is 1.89 bits per heavy atom. The molecule has 0 saturated carbocycles. The van der Waals surface area contributed by atoms with Crippen molar-refractivity contribution < 1.29 is 23.9 Å². The average Bonchev–Trinajstić information content (AvgIpc) is 3.45. The lowest BCUT2D eigenvalue weighted by molar-refractivity contribution is -0.141. The molecule has 1 saturated heterocycles. The summed E-state index contributed by atoms with van der Waals surface area (Å²) in [4.78, 5) is 43.4. The van der Waals surface area contributed by atoms with E-state index >= 15 is 0 Å². The highest BCUT2D eigenvalue weighted by Gasteiger charge is 2.23. The molecule has 1 N–H and O–H groups in total. The molecule has 9 nitrogen and oxygen atoms in total. The molecule has 10 heteroatoms. The van der Waals surface area contributed by atoms with Crippen LogP contribution in [-0.2, 0) is 9.53 Å². The summed E-state index contributed by atoms with van der Waals surface area (Å²) < 4.78 is 10.2. The van der Waals surface area contributed by atoms with Gasteiger partial charge in [0.1, 0.15) is 12.3 Å². The van der Waals surface area contributed by atoms with Gasteiger partial charge in [0, 0.05) is 51.4 Å². The number of rotatable bonds is 11. The highest BCUT2D eigenvalue weighted by Crippen LogP contribution is 2.19. The zero-order valence-corrected chi connectivity index (χ0v) is 21.7. The van der Waals surface area contributed by atoms with E-state index in [2.05, 4.69) is 10.2 Å². The van der Waals surface area contributed by atoms with Crippen LogP contribution >= 0.6 is 11.3 Å². The number of carbonyl (C=O) groups excluding carboxylic acids is 3. The van der Waals surface area contributed by atoms with Crippen molar-refractivity contribution in [2.24, 2.45) is 0 Å². The second-order valence-corrected chi connectivity index (χ2v) is 9.11. The molecule has 1 aromatic carbocycles. The van der Waals surface area contributed by atoms with Gasteiger partial charge >= 0.3 is 12.0 Å². The standard InChI is InChI=1S/C26H34N4O5S/c1-3-35-24(31)20-27-26(33)30-17-14-28(15-18-30)13-16-29(25(32)23-11-7-19-36-23)12-6-9-21-8-4-5-10-22(21)34-2/h4-11,19H,3,12-18,20H2,1-2H3,(H,27,33)/b9-6+. The molecule has 1 aliphatic heterocycles. The largest absolute Gasteiger partial charge is 0.496 e. The number of carbonyl (C=O) groups is 3. The van der Waals surface area contributed by atoms with Crippen LogP contribution in [0.25, 0.3) is 6.08 Å². The molecule has 194 valence electrons. The molecule has 0 unspecified atom stereocenters. The number of methoxy groups -OCH3 is 1. The van der Waals surface area contributed by atoms with Crippen LogP contribution in [0.4, 0.5) is 4.79 Å². The number of piperazine rings is 1. The van der Waals surface area contributed by atoms with E-state index in [-0.39, 0.29) is 25.1 Å². The van der Waals surface area contributed by atoms with Crippen LogP contribution in [0.15, 0.2) is 47.9 Å². The molecule has 0 aliphatic carbocycles. The van der Waals surface area contributed by atoms with Crippen molar-refractivity contribution in [1.29, 1.82) is 0 Å². The Kier molecular flexibility index (Phi) is 10.8. The zero-order valence-electron chi connectivity index (χ0n) is 20.9. The minimum atomic E-state index is -0.445. The summed E-state index contributed by atoms with van der Waals surface area (Å²) >= 11 is 1.44. The summed E-state index contributed by atoms with van der Waals surface area (Å²) in [6.07, 6.45) is 3.95. The van der Waals surface area contributed by atoms with Crippen LogP contribution in [0.1, 0.15) is 22.2 Å². The second-order valence-electron chi connectivity index (χ2n) is 8.17. The van der Waals surface area contributed by atoms with E-state index in [4.69, 9.17) is 9.47 Å². The normalized spacial score (nSPS) is 14.0. The van der Waals surface area contributed by atoms with Gasteiger partial charge in [0.2, 0.25) is 0 Å². The molecular formula is C26H34N4O5S. The summed E-state index contributed by atoms with van der Waals surface area (Å²) in [5.41, 5.74) is 0.959. The highest BCUT2D eigenvalue weighted by molar-refractivity contribution is 7.12. The average molecular weight is 515 g/mol. The van der Waals surface area contributed by atoms with Crippen molar-refractivity contribution in [2.75, 3.05) is 66.1 Å². The van der Waals surface area contributed by atoms with Crippen LogP contribution in [0.5, 0.6) is 5.75 Å². The number of esters is 1. The van der Waals surface area contributed by atoms with Gasteiger partial charge in [0.25, 0.3) is 5.91 Å². The number of thiophene rings is 1. The van der Waals surface area contributed by atoms with Crippen molar-refractivity contribution in [3.05, 3.63) is 58.3 Å². The van der Waals surface area contributed by atoms with Gasteiger partial charge in [-0.1, -0.05) is 36.4 Å². The van der Waals surface area contributed by atoms with Crippen molar-refractivity contribution in [1.82, 2.24) is 20.0 Å². The minimum Gasteiger partial charge on any atom is -0.496 e. The predicted molar refractivity (Wildman–Crippen MR) is 140 cm³/mol. The maximum atomic E-state index is 13.1. The lowest BCUT2D eigenvalue weighted by Gasteiger charge is -2.35. The number of hydrogen-bond acceptors (Lipinski definition) is 7. The van der Waals surface area contributed by atoms with E-state index in [0.717, 1.165) is 11.3 Å². The fourth-order valence-electron chi connectivity index (χ4n) is 3.85. The van der Waals surface area contributed by atoms with Crippen molar-refractivity contribution >= 4 is 35.3 Å². The Labute approximate surface area is 216 Å².